The molecule has 0 aliphatic carbocycles. The van der Waals surface area contributed by atoms with E-state index in [1.807, 2.05) is 28.8 Å². The molecule has 3 heterocycles. The van der Waals surface area contributed by atoms with Crippen molar-refractivity contribution in [3.8, 4) is 0 Å². The molecule has 21 heavy (non-hydrogen) atoms. The highest BCUT2D eigenvalue weighted by atomic mass is 32.1. The third-order valence-corrected chi connectivity index (χ3v) is 5.07. The molecule has 1 unspecified atom stereocenters. The Morgan fingerprint density at radius 2 is 2.29 bits per heavy atom. The Bertz CT molecular complexity index is 633. The van der Waals surface area contributed by atoms with E-state index < -0.39 is 0 Å². The van der Waals surface area contributed by atoms with Gasteiger partial charge in [-0.3, -0.25) is 4.79 Å². The number of piperidine rings is 1. The molecule has 0 spiro atoms. The molecule has 1 atom stereocenters. The fourth-order valence-corrected chi connectivity index (χ4v) is 3.68. The van der Waals surface area contributed by atoms with Crippen LogP contribution in [0.1, 0.15) is 34.5 Å². The molecule has 1 amide bonds. The fourth-order valence-electron chi connectivity index (χ4n) is 2.78. The van der Waals surface area contributed by atoms with Gasteiger partial charge in [0.2, 0.25) is 5.91 Å². The van der Waals surface area contributed by atoms with Crippen molar-refractivity contribution in [2.24, 2.45) is 0 Å². The zero-order valence-electron chi connectivity index (χ0n) is 12.5. The maximum atomic E-state index is 12.5. The predicted octanol–water partition coefficient (Wildman–Crippen LogP) is 2.36. The molecule has 1 fully saturated rings. The van der Waals surface area contributed by atoms with Crippen LogP contribution in [0.4, 0.5) is 0 Å². The number of hydrogen-bond donors (Lipinski definition) is 0. The second kappa shape index (κ2) is 5.97. The average Bonchev–Trinajstić information content (AvgIpc) is 3.08. The number of carbonyl (C=O) groups is 1. The number of nitrogens with zero attached hydrogens (tertiary/aromatic N) is 4. The highest BCUT2D eigenvalue weighted by molar-refractivity contribution is 7.11. The minimum atomic E-state index is 0.175. The lowest BCUT2D eigenvalue weighted by atomic mass is 9.99. The summed E-state index contributed by atoms with van der Waals surface area (Å²) < 4.78 is 1.90. The van der Waals surface area contributed by atoms with Crippen molar-refractivity contribution in [2.75, 3.05) is 13.1 Å². The number of imidazole rings is 1. The zero-order chi connectivity index (χ0) is 14.8. The summed E-state index contributed by atoms with van der Waals surface area (Å²) in [6, 6.07) is 0. The third-order valence-electron chi connectivity index (χ3n) is 3.99. The lowest BCUT2D eigenvalue weighted by molar-refractivity contribution is -0.133. The van der Waals surface area contributed by atoms with Gasteiger partial charge in [-0.25, -0.2) is 9.97 Å². The SMILES string of the molecule is Cc1cnc(C2CCCN(C(=O)Cn3ccnc3C)C2)s1. The van der Waals surface area contributed by atoms with Gasteiger partial charge < -0.3 is 9.47 Å². The van der Waals surface area contributed by atoms with Crippen LogP contribution in [0.5, 0.6) is 0 Å². The molecule has 0 aromatic carbocycles. The minimum absolute atomic E-state index is 0.175. The number of hydrogen-bond acceptors (Lipinski definition) is 4. The number of carbonyl (C=O) groups excluding carboxylic acids is 1. The van der Waals surface area contributed by atoms with Gasteiger partial charge in [0.15, 0.2) is 0 Å². The Hall–Kier alpha value is -1.69. The summed E-state index contributed by atoms with van der Waals surface area (Å²) in [4.78, 5) is 24.3. The summed E-state index contributed by atoms with van der Waals surface area (Å²) in [7, 11) is 0. The molecule has 1 saturated heterocycles. The van der Waals surface area contributed by atoms with E-state index in [9.17, 15) is 4.79 Å². The number of aromatic nitrogens is 3. The second-order valence-electron chi connectivity index (χ2n) is 5.59. The van der Waals surface area contributed by atoms with Gasteiger partial charge in [-0.05, 0) is 26.7 Å². The van der Waals surface area contributed by atoms with E-state index in [-0.39, 0.29) is 5.91 Å². The van der Waals surface area contributed by atoms with E-state index >= 15 is 0 Å². The smallest absolute Gasteiger partial charge is 0.242 e. The molecule has 1 aliphatic heterocycles. The number of amides is 1. The van der Waals surface area contributed by atoms with Crippen molar-refractivity contribution >= 4 is 17.2 Å². The number of rotatable bonds is 3. The van der Waals surface area contributed by atoms with E-state index in [1.54, 1.807) is 17.5 Å². The van der Waals surface area contributed by atoms with Crippen molar-refractivity contribution in [3.05, 3.63) is 34.3 Å². The van der Waals surface area contributed by atoms with Crippen LogP contribution in [0.3, 0.4) is 0 Å². The van der Waals surface area contributed by atoms with Crippen LogP contribution >= 0.6 is 11.3 Å². The van der Waals surface area contributed by atoms with E-state index in [0.29, 0.717) is 12.5 Å². The van der Waals surface area contributed by atoms with Crippen LogP contribution in [0.2, 0.25) is 0 Å². The van der Waals surface area contributed by atoms with Gasteiger partial charge in [-0.1, -0.05) is 0 Å². The van der Waals surface area contributed by atoms with E-state index in [0.717, 1.165) is 31.8 Å². The summed E-state index contributed by atoms with van der Waals surface area (Å²) in [5, 5.41) is 1.17. The summed E-state index contributed by atoms with van der Waals surface area (Å²) in [6.07, 6.45) is 7.70. The first-order valence-corrected chi connectivity index (χ1v) is 8.13. The first-order chi connectivity index (χ1) is 10.1. The number of likely N-dealkylation sites (tertiary alicyclic amines) is 1. The Labute approximate surface area is 128 Å². The Balaban J connectivity index is 1.65. The molecular weight excluding hydrogens is 284 g/mol. The zero-order valence-corrected chi connectivity index (χ0v) is 13.3. The van der Waals surface area contributed by atoms with Crippen molar-refractivity contribution in [1.29, 1.82) is 0 Å². The van der Waals surface area contributed by atoms with Gasteiger partial charge in [0.05, 0.1) is 5.01 Å². The molecule has 1 aliphatic rings. The number of thiazole rings is 1. The van der Waals surface area contributed by atoms with Gasteiger partial charge in [0.25, 0.3) is 0 Å². The maximum Gasteiger partial charge on any atom is 0.242 e. The molecule has 6 heteroatoms. The summed E-state index contributed by atoms with van der Waals surface area (Å²) in [5.74, 6) is 1.45. The van der Waals surface area contributed by atoms with Crippen molar-refractivity contribution in [3.63, 3.8) is 0 Å². The Morgan fingerprint density at radius 1 is 1.43 bits per heavy atom. The van der Waals surface area contributed by atoms with Crippen molar-refractivity contribution in [1.82, 2.24) is 19.4 Å². The largest absolute Gasteiger partial charge is 0.340 e. The van der Waals surface area contributed by atoms with Crippen molar-refractivity contribution < 1.29 is 4.79 Å². The molecule has 5 nitrogen and oxygen atoms in total. The molecule has 0 radical (unpaired) electrons. The molecular formula is C15H20N4OS. The molecule has 0 N–H and O–H groups in total. The highest BCUT2D eigenvalue weighted by Gasteiger charge is 2.26. The molecule has 2 aromatic heterocycles. The molecule has 0 saturated carbocycles. The standard InChI is InChI=1S/C15H20N4OS/c1-11-8-17-15(21-11)13-4-3-6-19(9-13)14(20)10-18-7-5-16-12(18)2/h5,7-8,13H,3-4,6,9-10H2,1-2H3. The molecule has 0 bridgehead atoms. The quantitative estimate of drug-likeness (QED) is 0.874. The summed E-state index contributed by atoms with van der Waals surface area (Å²) in [6.45, 7) is 6.03. The van der Waals surface area contributed by atoms with Gasteiger partial charge in [0, 0.05) is 42.5 Å². The van der Waals surface area contributed by atoms with Gasteiger partial charge in [-0.2, -0.15) is 0 Å². The van der Waals surface area contributed by atoms with Crippen LogP contribution in [0, 0.1) is 13.8 Å². The minimum Gasteiger partial charge on any atom is -0.340 e. The van der Waals surface area contributed by atoms with Crippen LogP contribution in [-0.4, -0.2) is 38.4 Å². The molecule has 2 aromatic rings. The average molecular weight is 304 g/mol. The predicted molar refractivity (Wildman–Crippen MR) is 82.4 cm³/mol. The number of aryl methyl sites for hydroxylation is 2. The van der Waals surface area contributed by atoms with E-state index in [1.165, 1.54) is 9.88 Å². The summed E-state index contributed by atoms with van der Waals surface area (Å²) in [5.41, 5.74) is 0. The highest BCUT2D eigenvalue weighted by Crippen LogP contribution is 2.29. The monoisotopic (exact) mass is 304 g/mol. The lowest BCUT2D eigenvalue weighted by Crippen LogP contribution is -2.40. The Kier molecular flexibility index (Phi) is 4.05. The normalized spacial score (nSPS) is 19.0. The van der Waals surface area contributed by atoms with Crippen LogP contribution < -0.4 is 0 Å². The van der Waals surface area contributed by atoms with Crippen LogP contribution in [0.25, 0.3) is 0 Å². The van der Waals surface area contributed by atoms with Gasteiger partial charge >= 0.3 is 0 Å². The topological polar surface area (TPSA) is 51.0 Å². The molecule has 112 valence electrons. The third kappa shape index (κ3) is 3.15. The van der Waals surface area contributed by atoms with Crippen molar-refractivity contribution in [2.45, 2.75) is 39.2 Å². The van der Waals surface area contributed by atoms with Crippen LogP contribution in [-0.2, 0) is 11.3 Å². The Morgan fingerprint density at radius 3 is 2.95 bits per heavy atom. The van der Waals surface area contributed by atoms with Crippen LogP contribution in [0.15, 0.2) is 18.6 Å². The van der Waals surface area contributed by atoms with E-state index in [4.69, 9.17) is 0 Å². The molecule has 3 rings (SSSR count). The maximum absolute atomic E-state index is 12.5. The lowest BCUT2D eigenvalue weighted by Gasteiger charge is -2.32. The first-order valence-electron chi connectivity index (χ1n) is 7.31. The van der Waals surface area contributed by atoms with Gasteiger partial charge in [0.1, 0.15) is 12.4 Å². The first kappa shape index (κ1) is 14.3. The second-order valence-corrected chi connectivity index (χ2v) is 6.86. The summed E-state index contributed by atoms with van der Waals surface area (Å²) >= 11 is 1.75. The van der Waals surface area contributed by atoms with Gasteiger partial charge in [-0.15, -0.1) is 11.3 Å². The van der Waals surface area contributed by atoms with E-state index in [2.05, 4.69) is 16.9 Å². The fraction of sp³-hybridized carbons (Fsp3) is 0.533.